The van der Waals surface area contributed by atoms with Gasteiger partial charge in [0.15, 0.2) is 6.10 Å². The van der Waals surface area contributed by atoms with E-state index < -0.39 is 37.4 Å². The SMILES string of the molecule is [2H]C([2H])(CO)CC(=O)O[C@@H](C)C(=O)O. The first-order valence-corrected chi connectivity index (χ1v) is 3.31. The zero-order chi connectivity index (χ0) is 11.4. The monoisotopic (exact) mass is 178 g/mol. The third-order valence-electron chi connectivity index (χ3n) is 1.04. The lowest BCUT2D eigenvalue weighted by molar-refractivity contribution is -0.162. The highest BCUT2D eigenvalue weighted by Gasteiger charge is 2.15. The van der Waals surface area contributed by atoms with E-state index in [1.165, 1.54) is 0 Å². The van der Waals surface area contributed by atoms with Gasteiger partial charge in [-0.1, -0.05) is 0 Å². The van der Waals surface area contributed by atoms with Crippen LogP contribution < -0.4 is 0 Å². The second kappa shape index (κ2) is 5.54. The van der Waals surface area contributed by atoms with Crippen LogP contribution in [0.3, 0.4) is 0 Å². The first kappa shape index (κ1) is 7.54. The van der Waals surface area contributed by atoms with Gasteiger partial charge in [-0.25, -0.2) is 4.79 Å². The zero-order valence-electron chi connectivity index (χ0n) is 8.61. The van der Waals surface area contributed by atoms with Crippen LogP contribution in [-0.2, 0) is 14.3 Å². The molecule has 0 spiro atoms. The molecule has 2 N–H and O–H groups in total. The number of rotatable bonds is 5. The largest absolute Gasteiger partial charge is 0.479 e. The van der Waals surface area contributed by atoms with Crippen LogP contribution in [0.4, 0.5) is 0 Å². The van der Waals surface area contributed by atoms with Crippen molar-refractivity contribution in [3.05, 3.63) is 0 Å². The van der Waals surface area contributed by atoms with Gasteiger partial charge in [-0.3, -0.25) is 4.79 Å². The maximum atomic E-state index is 10.9. The van der Waals surface area contributed by atoms with Crippen LogP contribution in [0, 0.1) is 0 Å². The zero-order valence-corrected chi connectivity index (χ0v) is 6.61. The number of esters is 1. The van der Waals surface area contributed by atoms with E-state index in [9.17, 15) is 9.59 Å². The Kier molecular flexibility index (Phi) is 3.48. The molecule has 0 bridgehead atoms. The molecule has 0 fully saturated rings. The van der Waals surface area contributed by atoms with Crippen LogP contribution >= 0.6 is 0 Å². The van der Waals surface area contributed by atoms with E-state index in [0.29, 0.717) is 0 Å². The first-order valence-electron chi connectivity index (χ1n) is 4.31. The van der Waals surface area contributed by atoms with E-state index in [1.807, 2.05) is 0 Å². The van der Waals surface area contributed by atoms with E-state index in [0.717, 1.165) is 6.92 Å². The van der Waals surface area contributed by atoms with Crippen molar-refractivity contribution in [2.75, 3.05) is 6.61 Å². The molecule has 5 nitrogen and oxygen atoms in total. The Morgan fingerprint density at radius 3 is 2.67 bits per heavy atom. The Labute approximate surface area is 72.8 Å². The van der Waals surface area contributed by atoms with E-state index in [4.69, 9.17) is 13.0 Å². The molecule has 12 heavy (non-hydrogen) atoms. The van der Waals surface area contributed by atoms with Crippen molar-refractivity contribution in [1.82, 2.24) is 0 Å². The molecule has 0 aromatic rings. The van der Waals surface area contributed by atoms with Crippen LogP contribution in [0.1, 0.15) is 22.5 Å². The van der Waals surface area contributed by atoms with Crippen LogP contribution in [0.5, 0.6) is 0 Å². The van der Waals surface area contributed by atoms with E-state index >= 15 is 0 Å². The number of carboxylic acid groups (broad SMARTS) is 1. The van der Waals surface area contributed by atoms with Crippen LogP contribution in [-0.4, -0.2) is 34.9 Å². The lowest BCUT2D eigenvalue weighted by Crippen LogP contribution is -2.23. The summed E-state index contributed by atoms with van der Waals surface area (Å²) in [5.74, 6) is -2.29. The minimum absolute atomic E-state index is 0.666. The van der Waals surface area contributed by atoms with E-state index in [-0.39, 0.29) is 0 Å². The van der Waals surface area contributed by atoms with Crippen molar-refractivity contribution >= 4 is 11.9 Å². The van der Waals surface area contributed by atoms with Crippen LogP contribution in [0.25, 0.3) is 0 Å². The summed E-state index contributed by atoms with van der Waals surface area (Å²) < 4.78 is 18.4. The Bertz CT molecular complexity index is 228. The standard InChI is InChI=1S/C7H12O5/c1-5(7(10)11)12-6(9)3-2-4-8/h5,8H,2-4H2,1H3,(H,10,11)/t5-/m0/s1/i2D2. The van der Waals surface area contributed by atoms with Crippen molar-refractivity contribution in [2.24, 2.45) is 0 Å². The third-order valence-corrected chi connectivity index (χ3v) is 1.04. The highest BCUT2D eigenvalue weighted by molar-refractivity contribution is 5.77. The highest BCUT2D eigenvalue weighted by atomic mass is 16.6. The number of hydrogen-bond donors (Lipinski definition) is 2. The number of ether oxygens (including phenoxy) is 1. The maximum Gasteiger partial charge on any atom is 0.344 e. The first-order chi connectivity index (χ1) is 6.28. The quantitative estimate of drug-likeness (QED) is 0.568. The van der Waals surface area contributed by atoms with Gasteiger partial charge in [-0.15, -0.1) is 0 Å². The maximum absolute atomic E-state index is 10.9. The average molecular weight is 178 g/mol. The molecule has 0 aromatic heterocycles. The number of aliphatic hydroxyl groups excluding tert-OH is 1. The lowest BCUT2D eigenvalue weighted by atomic mass is 10.3. The van der Waals surface area contributed by atoms with E-state index in [1.54, 1.807) is 0 Å². The van der Waals surface area contributed by atoms with Crippen molar-refractivity contribution < 1.29 is 27.3 Å². The predicted molar refractivity (Wildman–Crippen MR) is 39.5 cm³/mol. The van der Waals surface area contributed by atoms with Crippen LogP contribution in [0.15, 0.2) is 0 Å². The van der Waals surface area contributed by atoms with Gasteiger partial charge in [0.25, 0.3) is 0 Å². The Morgan fingerprint density at radius 2 is 2.25 bits per heavy atom. The second-order valence-corrected chi connectivity index (χ2v) is 2.06. The number of carbonyl (C=O) groups excluding carboxylic acids is 1. The topological polar surface area (TPSA) is 83.8 Å². The molecule has 0 saturated heterocycles. The molecule has 0 radical (unpaired) electrons. The highest BCUT2D eigenvalue weighted by Crippen LogP contribution is 1.97. The van der Waals surface area contributed by atoms with Gasteiger partial charge in [0.2, 0.25) is 0 Å². The molecule has 0 aliphatic carbocycles. The van der Waals surface area contributed by atoms with Gasteiger partial charge in [0.1, 0.15) is 0 Å². The Balaban J connectivity index is 4.05. The molecule has 0 unspecified atom stereocenters. The fourth-order valence-corrected chi connectivity index (χ4v) is 0.447. The summed E-state index contributed by atoms with van der Waals surface area (Å²) in [4.78, 5) is 21.1. The molecule has 0 rings (SSSR count). The summed E-state index contributed by atoms with van der Waals surface area (Å²) in [7, 11) is 0. The van der Waals surface area contributed by atoms with Gasteiger partial charge in [0.05, 0.1) is 0 Å². The second-order valence-electron chi connectivity index (χ2n) is 2.06. The van der Waals surface area contributed by atoms with Crippen molar-refractivity contribution in [3.63, 3.8) is 0 Å². The van der Waals surface area contributed by atoms with Gasteiger partial charge >= 0.3 is 11.9 Å². The molecule has 0 aromatic carbocycles. The molecular weight excluding hydrogens is 164 g/mol. The molecule has 0 aliphatic heterocycles. The Morgan fingerprint density at radius 1 is 1.67 bits per heavy atom. The molecule has 0 aliphatic rings. The lowest BCUT2D eigenvalue weighted by Gasteiger charge is -2.07. The summed E-state index contributed by atoms with van der Waals surface area (Å²) in [6.45, 7) is 0.346. The number of carbonyl (C=O) groups is 2. The number of carboxylic acids is 1. The fraction of sp³-hybridized carbons (Fsp3) is 0.714. The molecule has 1 atom stereocenters. The average Bonchev–Trinajstić information content (AvgIpc) is 2.02. The number of aliphatic carboxylic acids is 1. The molecule has 0 saturated carbocycles. The molecule has 70 valence electrons. The van der Waals surface area contributed by atoms with Gasteiger partial charge in [-0.2, -0.15) is 0 Å². The molecular formula is C7H12O5. The fourth-order valence-electron chi connectivity index (χ4n) is 0.447. The smallest absolute Gasteiger partial charge is 0.344 e. The van der Waals surface area contributed by atoms with Crippen molar-refractivity contribution in [1.29, 1.82) is 0 Å². The molecule has 0 heterocycles. The van der Waals surface area contributed by atoms with Crippen molar-refractivity contribution in [3.8, 4) is 0 Å². The minimum atomic E-state index is -2.07. The minimum Gasteiger partial charge on any atom is -0.479 e. The van der Waals surface area contributed by atoms with Crippen molar-refractivity contribution in [2.45, 2.75) is 25.8 Å². The van der Waals surface area contributed by atoms with Gasteiger partial charge < -0.3 is 14.9 Å². The van der Waals surface area contributed by atoms with Crippen LogP contribution in [0.2, 0.25) is 0 Å². The Hall–Kier alpha value is -1.10. The third kappa shape index (κ3) is 4.68. The summed E-state index contributed by atoms with van der Waals surface area (Å²) in [5.41, 5.74) is 0. The summed E-state index contributed by atoms with van der Waals surface area (Å²) in [6.07, 6.45) is -4.05. The summed E-state index contributed by atoms with van der Waals surface area (Å²) in [6, 6.07) is 0. The molecule has 0 amide bonds. The normalized spacial score (nSPS) is 15.8. The number of aliphatic hydroxyl groups is 1. The molecule has 5 heteroatoms. The summed E-state index contributed by atoms with van der Waals surface area (Å²) in [5, 5.41) is 16.9. The van der Waals surface area contributed by atoms with E-state index in [2.05, 4.69) is 4.74 Å². The summed E-state index contributed by atoms with van der Waals surface area (Å²) >= 11 is 0. The predicted octanol–water partition coefficient (Wildman–Crippen LogP) is -0.225. The number of hydrogen-bond acceptors (Lipinski definition) is 4. The van der Waals surface area contributed by atoms with Gasteiger partial charge in [-0.05, 0) is 13.3 Å². The van der Waals surface area contributed by atoms with Gasteiger partial charge in [0, 0.05) is 15.8 Å².